The highest BCUT2D eigenvalue weighted by Crippen LogP contribution is 2.07. The second-order valence-electron chi connectivity index (χ2n) is 3.61. The highest BCUT2D eigenvalue weighted by atomic mass is 16.5. The molecule has 3 amide bonds. The predicted octanol–water partition coefficient (Wildman–Crippen LogP) is -0.651. The number of hydrogen-bond acceptors (Lipinski definition) is 4. The van der Waals surface area contributed by atoms with Crippen LogP contribution in [0.25, 0.3) is 0 Å². The maximum Gasteiger partial charge on any atom is 0.258 e. The average Bonchev–Trinajstić information content (AvgIpc) is 2.41. The molecule has 0 bridgehead atoms. The van der Waals surface area contributed by atoms with Crippen molar-refractivity contribution in [2.24, 2.45) is 0 Å². The van der Waals surface area contributed by atoms with Gasteiger partial charge in [-0.3, -0.25) is 25.2 Å². The number of benzene rings is 1. The van der Waals surface area contributed by atoms with Crippen LogP contribution in [0, 0.1) is 0 Å². The van der Waals surface area contributed by atoms with Crippen LogP contribution in [0.4, 0.5) is 0 Å². The SMILES string of the molecule is CC(=O)NNC(=O)CNC(=O)COc1ccccc1. The van der Waals surface area contributed by atoms with Crippen molar-refractivity contribution in [1.29, 1.82) is 0 Å². The fourth-order valence-corrected chi connectivity index (χ4v) is 1.10. The Balaban J connectivity index is 2.17. The second kappa shape index (κ2) is 7.70. The van der Waals surface area contributed by atoms with Crippen molar-refractivity contribution in [2.45, 2.75) is 6.92 Å². The second-order valence-corrected chi connectivity index (χ2v) is 3.61. The van der Waals surface area contributed by atoms with Gasteiger partial charge in [-0.05, 0) is 12.1 Å². The van der Waals surface area contributed by atoms with Crippen LogP contribution in [0.5, 0.6) is 5.75 Å². The summed E-state index contributed by atoms with van der Waals surface area (Å²) in [6.07, 6.45) is 0. The van der Waals surface area contributed by atoms with Crippen LogP contribution in [-0.4, -0.2) is 30.9 Å². The molecule has 0 fully saturated rings. The Bertz CT molecular complexity index is 448. The minimum absolute atomic E-state index is 0.183. The summed E-state index contributed by atoms with van der Waals surface area (Å²) in [6.45, 7) is 0.835. The topological polar surface area (TPSA) is 96.5 Å². The van der Waals surface area contributed by atoms with Gasteiger partial charge in [0.25, 0.3) is 11.8 Å². The van der Waals surface area contributed by atoms with Gasteiger partial charge in [0.15, 0.2) is 6.61 Å². The number of hydrazine groups is 1. The van der Waals surface area contributed by atoms with Crippen LogP contribution in [0.2, 0.25) is 0 Å². The molecule has 0 spiro atoms. The molecular formula is C12H15N3O4. The molecule has 0 aliphatic carbocycles. The van der Waals surface area contributed by atoms with Gasteiger partial charge in [0.2, 0.25) is 5.91 Å². The van der Waals surface area contributed by atoms with Crippen molar-refractivity contribution >= 4 is 17.7 Å². The van der Waals surface area contributed by atoms with E-state index in [1.165, 1.54) is 6.92 Å². The predicted molar refractivity (Wildman–Crippen MR) is 66.9 cm³/mol. The zero-order valence-electron chi connectivity index (χ0n) is 10.4. The molecule has 3 N–H and O–H groups in total. The third-order valence-electron chi connectivity index (χ3n) is 1.94. The van der Waals surface area contributed by atoms with E-state index in [4.69, 9.17) is 4.74 Å². The van der Waals surface area contributed by atoms with Gasteiger partial charge in [-0.25, -0.2) is 0 Å². The lowest BCUT2D eigenvalue weighted by molar-refractivity contribution is -0.129. The Labute approximate surface area is 110 Å². The normalized spacial score (nSPS) is 9.32. The summed E-state index contributed by atoms with van der Waals surface area (Å²) in [5, 5.41) is 2.35. The van der Waals surface area contributed by atoms with E-state index in [0.29, 0.717) is 5.75 Å². The summed E-state index contributed by atoms with van der Waals surface area (Å²) in [4.78, 5) is 33.0. The number of rotatable bonds is 5. The number of carbonyl (C=O) groups excluding carboxylic acids is 3. The third-order valence-corrected chi connectivity index (χ3v) is 1.94. The van der Waals surface area contributed by atoms with Gasteiger partial charge in [0.05, 0.1) is 6.54 Å². The van der Waals surface area contributed by atoms with Gasteiger partial charge in [0.1, 0.15) is 5.75 Å². The van der Waals surface area contributed by atoms with Gasteiger partial charge in [-0.2, -0.15) is 0 Å². The van der Waals surface area contributed by atoms with E-state index in [1.807, 2.05) is 6.07 Å². The number of carbonyl (C=O) groups is 3. The molecule has 0 aromatic heterocycles. The standard InChI is InChI=1S/C12H15N3O4/c1-9(16)14-15-11(17)7-13-12(18)8-19-10-5-3-2-4-6-10/h2-6H,7-8H2,1H3,(H,13,18)(H,14,16)(H,15,17). The zero-order valence-corrected chi connectivity index (χ0v) is 10.4. The van der Waals surface area contributed by atoms with Gasteiger partial charge < -0.3 is 10.1 Å². The molecule has 0 heterocycles. The molecule has 0 aliphatic heterocycles. The van der Waals surface area contributed by atoms with Crippen molar-refractivity contribution in [3.8, 4) is 5.75 Å². The van der Waals surface area contributed by atoms with E-state index < -0.39 is 17.7 Å². The van der Waals surface area contributed by atoms with Crippen LogP contribution in [0.1, 0.15) is 6.92 Å². The van der Waals surface area contributed by atoms with E-state index in [-0.39, 0.29) is 13.2 Å². The molecule has 1 aromatic rings. The Hall–Kier alpha value is -2.57. The monoisotopic (exact) mass is 265 g/mol. The lowest BCUT2D eigenvalue weighted by Crippen LogP contribution is -2.46. The van der Waals surface area contributed by atoms with Gasteiger partial charge in [-0.15, -0.1) is 0 Å². The van der Waals surface area contributed by atoms with Gasteiger partial charge in [0, 0.05) is 6.92 Å². The first-order valence-corrected chi connectivity index (χ1v) is 5.58. The lowest BCUT2D eigenvalue weighted by Gasteiger charge is -2.08. The number of para-hydroxylation sites is 1. The molecule has 0 radical (unpaired) electrons. The van der Waals surface area contributed by atoms with E-state index in [0.717, 1.165) is 0 Å². The van der Waals surface area contributed by atoms with Crippen LogP contribution >= 0.6 is 0 Å². The Morgan fingerprint density at radius 2 is 1.74 bits per heavy atom. The van der Waals surface area contributed by atoms with Gasteiger partial charge >= 0.3 is 0 Å². The molecule has 102 valence electrons. The van der Waals surface area contributed by atoms with E-state index in [1.54, 1.807) is 24.3 Å². The van der Waals surface area contributed by atoms with Crippen molar-refractivity contribution in [3.63, 3.8) is 0 Å². The van der Waals surface area contributed by atoms with Crippen LogP contribution in [-0.2, 0) is 14.4 Å². The zero-order chi connectivity index (χ0) is 14.1. The summed E-state index contributed by atoms with van der Waals surface area (Å²) in [7, 11) is 0. The Kier molecular flexibility index (Phi) is 5.87. The number of ether oxygens (including phenoxy) is 1. The first-order chi connectivity index (χ1) is 9.08. The summed E-state index contributed by atoms with van der Waals surface area (Å²) in [5.74, 6) is -0.780. The molecule has 19 heavy (non-hydrogen) atoms. The van der Waals surface area contributed by atoms with E-state index >= 15 is 0 Å². The summed E-state index contributed by atoms with van der Waals surface area (Å²) in [5.41, 5.74) is 4.22. The summed E-state index contributed by atoms with van der Waals surface area (Å²) >= 11 is 0. The van der Waals surface area contributed by atoms with E-state index in [9.17, 15) is 14.4 Å². The molecular weight excluding hydrogens is 250 g/mol. The fraction of sp³-hybridized carbons (Fsp3) is 0.250. The Morgan fingerprint density at radius 3 is 2.37 bits per heavy atom. The molecule has 0 saturated heterocycles. The maximum atomic E-state index is 11.4. The third kappa shape index (κ3) is 6.67. The molecule has 0 atom stereocenters. The molecule has 0 saturated carbocycles. The summed E-state index contributed by atoms with van der Waals surface area (Å²) in [6, 6.07) is 8.84. The van der Waals surface area contributed by atoms with Crippen molar-refractivity contribution in [1.82, 2.24) is 16.2 Å². The largest absolute Gasteiger partial charge is 0.484 e. The first-order valence-electron chi connectivity index (χ1n) is 5.58. The van der Waals surface area contributed by atoms with Crippen molar-refractivity contribution < 1.29 is 19.1 Å². The minimum atomic E-state index is -0.525. The van der Waals surface area contributed by atoms with E-state index in [2.05, 4.69) is 16.2 Å². The van der Waals surface area contributed by atoms with Crippen LogP contribution < -0.4 is 20.9 Å². The number of hydrogen-bond donors (Lipinski definition) is 3. The molecule has 0 unspecified atom stereocenters. The van der Waals surface area contributed by atoms with Crippen molar-refractivity contribution in [3.05, 3.63) is 30.3 Å². The highest BCUT2D eigenvalue weighted by Gasteiger charge is 2.06. The van der Waals surface area contributed by atoms with Crippen LogP contribution in [0.3, 0.4) is 0 Å². The molecule has 0 aliphatic rings. The van der Waals surface area contributed by atoms with Crippen LogP contribution in [0.15, 0.2) is 30.3 Å². The molecule has 1 aromatic carbocycles. The molecule has 7 heteroatoms. The average molecular weight is 265 g/mol. The summed E-state index contributed by atoms with van der Waals surface area (Å²) < 4.78 is 5.18. The molecule has 7 nitrogen and oxygen atoms in total. The van der Waals surface area contributed by atoms with Crippen molar-refractivity contribution in [2.75, 3.05) is 13.2 Å². The highest BCUT2D eigenvalue weighted by molar-refractivity contribution is 5.86. The Morgan fingerprint density at radius 1 is 1.05 bits per heavy atom. The number of amides is 3. The maximum absolute atomic E-state index is 11.4. The smallest absolute Gasteiger partial charge is 0.258 e. The lowest BCUT2D eigenvalue weighted by atomic mass is 10.3. The molecule has 1 rings (SSSR count). The number of nitrogens with one attached hydrogen (secondary N) is 3. The fourth-order valence-electron chi connectivity index (χ4n) is 1.10. The minimum Gasteiger partial charge on any atom is -0.484 e. The van der Waals surface area contributed by atoms with Gasteiger partial charge in [-0.1, -0.05) is 18.2 Å². The first kappa shape index (κ1) is 14.5. The quantitative estimate of drug-likeness (QED) is 0.616.